The summed E-state index contributed by atoms with van der Waals surface area (Å²) in [5, 5.41) is 10.8. The average molecular weight is 324 g/mol. The molecule has 2 aromatic heterocycles. The molecule has 1 N–H and O–H groups in total. The standard InChI is InChI=1S/C14H11F3N4S/c1-2-11-12(10-7-18-21-20-10)19-13(22-11)8-4-3-5-9(6-8)14(15,16)17/h3-7H,2H2,1H3,(H,18,20,21). The minimum atomic E-state index is -4.37. The Morgan fingerprint density at radius 2 is 2.09 bits per heavy atom. The number of alkyl halides is 3. The van der Waals surface area contributed by atoms with Crippen molar-refractivity contribution >= 4 is 11.3 Å². The van der Waals surface area contributed by atoms with Gasteiger partial charge in [0.15, 0.2) is 0 Å². The maximum absolute atomic E-state index is 12.8. The van der Waals surface area contributed by atoms with Crippen LogP contribution < -0.4 is 0 Å². The van der Waals surface area contributed by atoms with E-state index in [0.29, 0.717) is 22.0 Å². The van der Waals surface area contributed by atoms with Gasteiger partial charge in [0.1, 0.15) is 16.4 Å². The number of benzene rings is 1. The minimum Gasteiger partial charge on any atom is -0.234 e. The van der Waals surface area contributed by atoms with E-state index in [1.165, 1.54) is 17.4 Å². The maximum Gasteiger partial charge on any atom is 0.416 e. The van der Waals surface area contributed by atoms with E-state index in [-0.39, 0.29) is 0 Å². The highest BCUT2D eigenvalue weighted by Gasteiger charge is 2.30. The molecule has 22 heavy (non-hydrogen) atoms. The molecule has 0 spiro atoms. The lowest BCUT2D eigenvalue weighted by Gasteiger charge is -2.07. The molecule has 3 aromatic rings. The molecule has 0 radical (unpaired) electrons. The monoisotopic (exact) mass is 324 g/mol. The number of nitrogens with zero attached hydrogens (tertiary/aromatic N) is 3. The molecule has 0 unspecified atom stereocenters. The molecule has 0 aliphatic carbocycles. The summed E-state index contributed by atoms with van der Waals surface area (Å²) in [5.74, 6) is 0. The van der Waals surface area contributed by atoms with Crippen LogP contribution in [0.1, 0.15) is 17.4 Å². The first-order valence-electron chi connectivity index (χ1n) is 6.52. The fourth-order valence-corrected chi connectivity index (χ4v) is 3.07. The Morgan fingerprint density at radius 3 is 2.73 bits per heavy atom. The van der Waals surface area contributed by atoms with Gasteiger partial charge in [-0.2, -0.15) is 28.6 Å². The predicted octanol–water partition coefficient (Wildman–Crippen LogP) is 4.18. The van der Waals surface area contributed by atoms with Gasteiger partial charge in [-0.15, -0.1) is 11.3 Å². The van der Waals surface area contributed by atoms with E-state index < -0.39 is 11.7 Å². The van der Waals surface area contributed by atoms with Gasteiger partial charge in [-0.05, 0) is 18.6 Å². The van der Waals surface area contributed by atoms with Gasteiger partial charge >= 0.3 is 6.18 Å². The molecular formula is C14H11F3N4S. The van der Waals surface area contributed by atoms with Crippen molar-refractivity contribution in [2.45, 2.75) is 19.5 Å². The van der Waals surface area contributed by atoms with E-state index in [1.54, 1.807) is 12.3 Å². The summed E-state index contributed by atoms with van der Waals surface area (Å²) in [6.07, 6.45) is -2.10. The van der Waals surface area contributed by atoms with Crippen LogP contribution in [0.4, 0.5) is 13.2 Å². The van der Waals surface area contributed by atoms with Crippen LogP contribution in [0.2, 0.25) is 0 Å². The van der Waals surface area contributed by atoms with Crippen molar-refractivity contribution in [2.24, 2.45) is 0 Å². The predicted molar refractivity (Wildman–Crippen MR) is 77.3 cm³/mol. The van der Waals surface area contributed by atoms with E-state index in [9.17, 15) is 13.2 Å². The van der Waals surface area contributed by atoms with Crippen LogP contribution in [-0.2, 0) is 12.6 Å². The summed E-state index contributed by atoms with van der Waals surface area (Å²) < 4.78 is 38.5. The third-order valence-electron chi connectivity index (χ3n) is 3.11. The summed E-state index contributed by atoms with van der Waals surface area (Å²) in [4.78, 5) is 5.41. The van der Waals surface area contributed by atoms with Crippen LogP contribution in [0, 0.1) is 0 Å². The molecule has 0 atom stereocenters. The number of aryl methyl sites for hydroxylation is 1. The molecule has 2 heterocycles. The number of H-pyrrole nitrogens is 1. The molecule has 1 aromatic carbocycles. The zero-order valence-electron chi connectivity index (χ0n) is 11.5. The fourth-order valence-electron chi connectivity index (χ4n) is 2.06. The Hall–Kier alpha value is -2.22. The van der Waals surface area contributed by atoms with E-state index >= 15 is 0 Å². The lowest BCUT2D eigenvalue weighted by atomic mass is 10.1. The highest BCUT2D eigenvalue weighted by molar-refractivity contribution is 7.15. The van der Waals surface area contributed by atoms with Gasteiger partial charge in [-0.3, -0.25) is 0 Å². The Kier molecular flexibility index (Phi) is 3.69. The maximum atomic E-state index is 12.8. The fraction of sp³-hybridized carbons (Fsp3) is 0.214. The number of rotatable bonds is 3. The second-order valence-electron chi connectivity index (χ2n) is 4.58. The number of hydrogen-bond donors (Lipinski definition) is 1. The van der Waals surface area contributed by atoms with Crippen LogP contribution in [0.25, 0.3) is 22.0 Å². The molecule has 0 fully saturated rings. The Labute approximate surface area is 128 Å². The first kappa shape index (κ1) is 14.7. The van der Waals surface area contributed by atoms with Crippen molar-refractivity contribution in [1.29, 1.82) is 0 Å². The van der Waals surface area contributed by atoms with Crippen LogP contribution in [0.5, 0.6) is 0 Å². The second kappa shape index (κ2) is 5.53. The van der Waals surface area contributed by atoms with E-state index in [1.807, 2.05) is 6.92 Å². The summed E-state index contributed by atoms with van der Waals surface area (Å²) in [6, 6.07) is 5.18. The van der Waals surface area contributed by atoms with Crippen molar-refractivity contribution < 1.29 is 13.2 Å². The van der Waals surface area contributed by atoms with Crippen molar-refractivity contribution in [3.8, 4) is 22.0 Å². The zero-order chi connectivity index (χ0) is 15.7. The summed E-state index contributed by atoms with van der Waals surface area (Å²) in [7, 11) is 0. The lowest BCUT2D eigenvalue weighted by molar-refractivity contribution is -0.137. The summed E-state index contributed by atoms with van der Waals surface area (Å²) in [6.45, 7) is 1.97. The molecule has 0 saturated heterocycles. The number of hydrogen-bond acceptors (Lipinski definition) is 4. The minimum absolute atomic E-state index is 0.448. The van der Waals surface area contributed by atoms with Crippen molar-refractivity contribution in [3.05, 3.63) is 40.9 Å². The van der Waals surface area contributed by atoms with E-state index in [2.05, 4.69) is 20.4 Å². The van der Waals surface area contributed by atoms with Crippen LogP contribution in [0.15, 0.2) is 30.5 Å². The molecule has 8 heteroatoms. The molecule has 0 amide bonds. The van der Waals surface area contributed by atoms with Gasteiger partial charge in [0.05, 0.1) is 11.8 Å². The van der Waals surface area contributed by atoms with Crippen LogP contribution in [0.3, 0.4) is 0 Å². The number of halogens is 3. The largest absolute Gasteiger partial charge is 0.416 e. The highest BCUT2D eigenvalue weighted by Crippen LogP contribution is 2.36. The third-order valence-corrected chi connectivity index (χ3v) is 4.36. The molecule has 0 aliphatic heterocycles. The molecule has 0 saturated carbocycles. The Balaban J connectivity index is 2.06. The van der Waals surface area contributed by atoms with Crippen LogP contribution in [-0.4, -0.2) is 20.4 Å². The number of aromatic amines is 1. The Bertz CT molecular complexity index is 778. The average Bonchev–Trinajstić information content (AvgIpc) is 3.15. The van der Waals surface area contributed by atoms with Crippen molar-refractivity contribution in [2.75, 3.05) is 0 Å². The van der Waals surface area contributed by atoms with Gasteiger partial charge in [-0.1, -0.05) is 19.1 Å². The quantitative estimate of drug-likeness (QED) is 0.786. The molecule has 0 bridgehead atoms. The second-order valence-corrected chi connectivity index (χ2v) is 5.66. The van der Waals surface area contributed by atoms with Crippen molar-refractivity contribution in [1.82, 2.24) is 20.4 Å². The SMILES string of the molecule is CCc1sc(-c2cccc(C(F)(F)F)c2)nc1-c1cn[nH]n1. The summed E-state index contributed by atoms with van der Waals surface area (Å²) >= 11 is 1.37. The normalized spacial score (nSPS) is 11.8. The van der Waals surface area contributed by atoms with E-state index in [0.717, 1.165) is 23.4 Å². The van der Waals surface area contributed by atoms with Crippen molar-refractivity contribution in [3.63, 3.8) is 0 Å². The zero-order valence-corrected chi connectivity index (χ0v) is 12.3. The molecular weight excluding hydrogens is 313 g/mol. The van der Waals surface area contributed by atoms with Gasteiger partial charge in [-0.25, -0.2) is 4.98 Å². The third kappa shape index (κ3) is 2.74. The Morgan fingerprint density at radius 1 is 1.27 bits per heavy atom. The molecule has 0 aliphatic rings. The first-order valence-corrected chi connectivity index (χ1v) is 7.34. The van der Waals surface area contributed by atoms with E-state index in [4.69, 9.17) is 0 Å². The first-order chi connectivity index (χ1) is 10.5. The number of aromatic nitrogens is 4. The molecule has 114 valence electrons. The molecule has 3 rings (SSSR count). The smallest absolute Gasteiger partial charge is 0.234 e. The topological polar surface area (TPSA) is 54.5 Å². The highest BCUT2D eigenvalue weighted by atomic mass is 32.1. The molecule has 4 nitrogen and oxygen atoms in total. The van der Waals surface area contributed by atoms with Gasteiger partial charge in [0.25, 0.3) is 0 Å². The number of thiazole rings is 1. The van der Waals surface area contributed by atoms with Gasteiger partial charge in [0, 0.05) is 10.4 Å². The van der Waals surface area contributed by atoms with Gasteiger partial charge in [0.2, 0.25) is 0 Å². The van der Waals surface area contributed by atoms with Crippen LogP contribution >= 0.6 is 11.3 Å². The van der Waals surface area contributed by atoms with Gasteiger partial charge < -0.3 is 0 Å². The summed E-state index contributed by atoms with van der Waals surface area (Å²) in [5.41, 5.74) is 1.02. The number of nitrogens with one attached hydrogen (secondary N) is 1. The lowest BCUT2D eigenvalue weighted by Crippen LogP contribution is -2.04.